The van der Waals surface area contributed by atoms with Crippen molar-refractivity contribution in [2.75, 3.05) is 36.5 Å². The first-order chi connectivity index (χ1) is 16.5. The average Bonchev–Trinajstić information content (AvgIpc) is 2.85. The number of nitrogens with zero attached hydrogens (tertiary/aromatic N) is 5. The van der Waals surface area contributed by atoms with E-state index in [9.17, 15) is 5.11 Å². The fourth-order valence-corrected chi connectivity index (χ4v) is 4.58. The molecule has 2 aliphatic rings. The summed E-state index contributed by atoms with van der Waals surface area (Å²) in [5, 5.41) is 13.6. The Morgan fingerprint density at radius 2 is 1.71 bits per heavy atom. The number of aromatic nitrogens is 4. The topological polar surface area (TPSA) is 106 Å². The van der Waals surface area contributed by atoms with E-state index in [2.05, 4.69) is 42.3 Å². The fraction of sp³-hybridized carbons (Fsp3) is 0.520. The Kier molecular flexibility index (Phi) is 6.47. The zero-order valence-electron chi connectivity index (χ0n) is 19.8. The summed E-state index contributed by atoms with van der Waals surface area (Å²) in [6, 6.07) is 4.54. The molecular weight excluding hydrogens is 432 g/mol. The van der Waals surface area contributed by atoms with Gasteiger partial charge in [0.05, 0.1) is 42.9 Å². The van der Waals surface area contributed by atoms with Crippen molar-refractivity contribution < 1.29 is 14.6 Å². The molecule has 9 heteroatoms. The van der Waals surface area contributed by atoms with Gasteiger partial charge in [-0.1, -0.05) is 0 Å². The molecule has 1 aliphatic carbocycles. The van der Waals surface area contributed by atoms with Crippen LogP contribution in [0.5, 0.6) is 5.75 Å². The second kappa shape index (κ2) is 9.68. The second-order valence-corrected chi connectivity index (χ2v) is 9.56. The molecule has 34 heavy (non-hydrogen) atoms. The van der Waals surface area contributed by atoms with E-state index in [4.69, 9.17) is 9.47 Å². The molecule has 9 nitrogen and oxygen atoms in total. The average molecular weight is 465 g/mol. The molecule has 1 aliphatic heterocycles. The Labute approximate surface area is 199 Å². The first kappa shape index (κ1) is 22.7. The van der Waals surface area contributed by atoms with Crippen LogP contribution in [0.25, 0.3) is 11.0 Å². The van der Waals surface area contributed by atoms with E-state index in [0.29, 0.717) is 11.9 Å². The highest BCUT2D eigenvalue weighted by molar-refractivity contribution is 5.85. The molecule has 0 atom stereocenters. The summed E-state index contributed by atoms with van der Waals surface area (Å²) in [5.74, 6) is 1.23. The lowest BCUT2D eigenvalue weighted by Gasteiger charge is -2.31. The monoisotopic (exact) mass is 464 g/mol. The SMILES string of the molecule is CC(C)(O)c1ncc(N[C@H]2CC[C@@H](Oc3cc(N4CCOCC4)cc4nccnc34)CC2)cn1. The molecule has 3 heterocycles. The number of anilines is 2. The highest BCUT2D eigenvalue weighted by Gasteiger charge is 2.25. The number of aliphatic hydroxyl groups is 1. The zero-order valence-corrected chi connectivity index (χ0v) is 19.8. The molecule has 2 fully saturated rings. The number of morpholine rings is 1. The minimum absolute atomic E-state index is 0.136. The number of hydrogen-bond donors (Lipinski definition) is 2. The van der Waals surface area contributed by atoms with Crippen molar-refractivity contribution >= 4 is 22.4 Å². The maximum Gasteiger partial charge on any atom is 0.159 e. The van der Waals surface area contributed by atoms with Crippen LogP contribution in [0, 0.1) is 0 Å². The number of fused-ring (bicyclic) bond motifs is 1. The molecule has 0 spiro atoms. The van der Waals surface area contributed by atoms with E-state index in [-0.39, 0.29) is 6.10 Å². The summed E-state index contributed by atoms with van der Waals surface area (Å²) in [6.45, 7) is 6.56. The van der Waals surface area contributed by atoms with Gasteiger partial charge in [-0.05, 0) is 45.6 Å². The predicted octanol–water partition coefficient (Wildman–Crippen LogP) is 3.29. The molecule has 1 saturated heterocycles. The number of hydrogen-bond acceptors (Lipinski definition) is 9. The summed E-state index contributed by atoms with van der Waals surface area (Å²) in [6.07, 6.45) is 10.9. The number of ether oxygens (including phenoxy) is 2. The lowest BCUT2D eigenvalue weighted by Crippen LogP contribution is -2.36. The Hall–Kier alpha value is -3.04. The maximum absolute atomic E-state index is 10.0. The first-order valence-corrected chi connectivity index (χ1v) is 12.0. The molecule has 1 aromatic carbocycles. The maximum atomic E-state index is 10.0. The molecule has 2 N–H and O–H groups in total. The van der Waals surface area contributed by atoms with Gasteiger partial charge in [0.2, 0.25) is 0 Å². The Balaban J connectivity index is 1.23. The van der Waals surface area contributed by atoms with E-state index in [0.717, 1.165) is 80.1 Å². The van der Waals surface area contributed by atoms with Crippen LogP contribution in [0.15, 0.2) is 36.9 Å². The summed E-state index contributed by atoms with van der Waals surface area (Å²) < 4.78 is 12.0. The van der Waals surface area contributed by atoms with Crippen LogP contribution in [0.2, 0.25) is 0 Å². The number of rotatable bonds is 6. The van der Waals surface area contributed by atoms with E-state index in [1.807, 2.05) is 0 Å². The predicted molar refractivity (Wildman–Crippen MR) is 130 cm³/mol. The normalized spacial score (nSPS) is 21.4. The highest BCUT2D eigenvalue weighted by atomic mass is 16.5. The van der Waals surface area contributed by atoms with Crippen LogP contribution in [-0.4, -0.2) is 63.5 Å². The van der Waals surface area contributed by atoms with Crippen LogP contribution >= 0.6 is 0 Å². The minimum Gasteiger partial charge on any atom is -0.488 e. The zero-order chi connectivity index (χ0) is 23.5. The van der Waals surface area contributed by atoms with Crippen LogP contribution < -0.4 is 15.0 Å². The van der Waals surface area contributed by atoms with Gasteiger partial charge < -0.3 is 24.8 Å². The van der Waals surface area contributed by atoms with E-state index in [1.165, 1.54) is 0 Å². The highest BCUT2D eigenvalue weighted by Crippen LogP contribution is 2.33. The number of nitrogens with one attached hydrogen (secondary N) is 1. The summed E-state index contributed by atoms with van der Waals surface area (Å²) in [4.78, 5) is 20.0. The van der Waals surface area contributed by atoms with Gasteiger partial charge in [0.25, 0.3) is 0 Å². The Morgan fingerprint density at radius 3 is 2.41 bits per heavy atom. The van der Waals surface area contributed by atoms with Crippen LogP contribution in [-0.2, 0) is 10.3 Å². The third-order valence-electron chi connectivity index (χ3n) is 6.44. The smallest absolute Gasteiger partial charge is 0.159 e. The molecular formula is C25H32N6O3. The van der Waals surface area contributed by atoms with Crippen LogP contribution in [0.1, 0.15) is 45.4 Å². The van der Waals surface area contributed by atoms with Crippen LogP contribution in [0.3, 0.4) is 0 Å². The molecule has 1 saturated carbocycles. The third kappa shape index (κ3) is 5.20. The van der Waals surface area contributed by atoms with Gasteiger partial charge in [-0.2, -0.15) is 0 Å². The molecule has 0 amide bonds. The van der Waals surface area contributed by atoms with Gasteiger partial charge in [-0.3, -0.25) is 4.98 Å². The van der Waals surface area contributed by atoms with Crippen molar-refractivity contribution in [1.82, 2.24) is 19.9 Å². The van der Waals surface area contributed by atoms with Gasteiger partial charge in [0.15, 0.2) is 5.82 Å². The molecule has 0 bridgehead atoms. The molecule has 0 unspecified atom stereocenters. The molecule has 5 rings (SSSR count). The van der Waals surface area contributed by atoms with E-state index < -0.39 is 5.60 Å². The molecule has 180 valence electrons. The van der Waals surface area contributed by atoms with E-state index >= 15 is 0 Å². The third-order valence-corrected chi connectivity index (χ3v) is 6.44. The molecule has 3 aromatic rings. The Bertz CT molecular complexity index is 1100. The van der Waals surface area contributed by atoms with Gasteiger partial charge in [-0.15, -0.1) is 0 Å². The lowest BCUT2D eigenvalue weighted by atomic mass is 9.92. The van der Waals surface area contributed by atoms with Gasteiger partial charge >= 0.3 is 0 Å². The van der Waals surface area contributed by atoms with Crippen molar-refractivity contribution in [3.05, 3.63) is 42.7 Å². The van der Waals surface area contributed by atoms with Crippen molar-refractivity contribution in [3.63, 3.8) is 0 Å². The largest absolute Gasteiger partial charge is 0.488 e. The van der Waals surface area contributed by atoms with E-state index in [1.54, 1.807) is 38.6 Å². The standard InChI is InChI=1S/C25H32N6O3/c1-25(2,32)24-28-15-18(16-29-24)30-17-3-5-20(6-4-17)34-22-14-19(31-9-11-33-12-10-31)13-21-23(22)27-8-7-26-21/h7-8,13-17,20,30,32H,3-6,9-12H2,1-2H3/t17-,20+. The lowest BCUT2D eigenvalue weighted by molar-refractivity contribution is 0.0687. The Morgan fingerprint density at radius 1 is 1.00 bits per heavy atom. The van der Waals surface area contributed by atoms with Crippen LogP contribution in [0.4, 0.5) is 11.4 Å². The summed E-state index contributed by atoms with van der Waals surface area (Å²) >= 11 is 0. The quantitative estimate of drug-likeness (QED) is 0.568. The van der Waals surface area contributed by atoms with Crippen molar-refractivity contribution in [3.8, 4) is 5.75 Å². The summed E-state index contributed by atoms with van der Waals surface area (Å²) in [5.41, 5.74) is 2.60. The van der Waals surface area contributed by atoms with Crippen molar-refractivity contribution in [1.29, 1.82) is 0 Å². The van der Waals surface area contributed by atoms with Gasteiger partial charge in [-0.25, -0.2) is 15.0 Å². The molecule has 0 radical (unpaired) electrons. The second-order valence-electron chi connectivity index (χ2n) is 9.56. The fourth-order valence-electron chi connectivity index (χ4n) is 4.58. The number of benzene rings is 1. The molecule has 2 aromatic heterocycles. The van der Waals surface area contributed by atoms with Gasteiger partial charge in [0.1, 0.15) is 16.9 Å². The van der Waals surface area contributed by atoms with Crippen molar-refractivity contribution in [2.45, 2.75) is 57.3 Å². The first-order valence-electron chi connectivity index (χ1n) is 12.0. The van der Waals surface area contributed by atoms with Crippen molar-refractivity contribution in [2.24, 2.45) is 0 Å². The minimum atomic E-state index is -1.04. The van der Waals surface area contributed by atoms with Gasteiger partial charge in [0, 0.05) is 43.3 Å². The summed E-state index contributed by atoms with van der Waals surface area (Å²) in [7, 11) is 0.